The van der Waals surface area contributed by atoms with Gasteiger partial charge >= 0.3 is 5.97 Å². The molecule has 3 aliphatic rings. The molecule has 2 bridgehead atoms. The maximum absolute atomic E-state index is 10.6. The number of aliphatic hydroxyl groups excluding tert-OH is 1. The molecule has 0 heterocycles. The molecule has 0 aromatic rings. The summed E-state index contributed by atoms with van der Waals surface area (Å²) in [7, 11) is 0. The number of aliphatic hydroxyl groups is 1. The molecule has 3 rings (SSSR count). The monoisotopic (exact) mass is 212 g/mol. The fourth-order valence-corrected chi connectivity index (χ4v) is 3.66. The molecule has 86 valence electrons. The van der Waals surface area contributed by atoms with Gasteiger partial charge < -0.3 is 10.2 Å². The lowest BCUT2D eigenvalue weighted by Gasteiger charge is -2.61. The van der Waals surface area contributed by atoms with Gasteiger partial charge in [-0.15, -0.1) is 0 Å². The summed E-state index contributed by atoms with van der Waals surface area (Å²) in [6.45, 7) is 4.51. The van der Waals surface area contributed by atoms with E-state index in [9.17, 15) is 9.90 Å². The van der Waals surface area contributed by atoms with Crippen molar-refractivity contribution in [3.63, 3.8) is 0 Å². The molecule has 4 atom stereocenters. The van der Waals surface area contributed by atoms with E-state index in [1.165, 1.54) is 6.42 Å². The highest BCUT2D eigenvalue weighted by Gasteiger charge is 2.55. The molecular formula is C12H20O3. The van der Waals surface area contributed by atoms with Crippen LogP contribution in [-0.4, -0.2) is 22.3 Å². The zero-order valence-corrected chi connectivity index (χ0v) is 9.44. The first kappa shape index (κ1) is 10.9. The number of aliphatic carboxylic acids is 1. The van der Waals surface area contributed by atoms with Crippen molar-refractivity contribution in [2.75, 3.05) is 0 Å². The topological polar surface area (TPSA) is 57.5 Å². The first-order valence-electron chi connectivity index (χ1n) is 5.82. The van der Waals surface area contributed by atoms with Gasteiger partial charge in [0.2, 0.25) is 0 Å². The summed E-state index contributed by atoms with van der Waals surface area (Å²) in [4.78, 5) is 10.6. The molecule has 0 amide bonds. The highest BCUT2D eigenvalue weighted by atomic mass is 16.4. The smallest absolute Gasteiger partial charge is 0.305 e. The van der Waals surface area contributed by atoms with E-state index < -0.39 is 12.1 Å². The largest absolute Gasteiger partial charge is 0.481 e. The quantitative estimate of drug-likeness (QED) is 0.751. The van der Waals surface area contributed by atoms with E-state index in [-0.39, 0.29) is 12.3 Å². The van der Waals surface area contributed by atoms with E-state index in [4.69, 9.17) is 5.11 Å². The maximum atomic E-state index is 10.6. The van der Waals surface area contributed by atoms with Crippen LogP contribution in [0, 0.1) is 23.2 Å². The Morgan fingerprint density at radius 1 is 1.47 bits per heavy atom. The normalized spacial score (nSPS) is 39.3. The van der Waals surface area contributed by atoms with Crippen molar-refractivity contribution in [1.29, 1.82) is 0 Å². The van der Waals surface area contributed by atoms with Crippen molar-refractivity contribution < 1.29 is 15.0 Å². The van der Waals surface area contributed by atoms with Crippen LogP contribution in [0.1, 0.15) is 39.5 Å². The summed E-state index contributed by atoms with van der Waals surface area (Å²) in [6.07, 6.45) is 2.61. The highest BCUT2D eigenvalue weighted by molar-refractivity contribution is 5.67. The SMILES string of the molecule is CC1(C)C2CCC([C@@H](O)CC(=O)O)C1C2. The average Bonchev–Trinajstić information content (AvgIpc) is 2.16. The van der Waals surface area contributed by atoms with Crippen molar-refractivity contribution in [1.82, 2.24) is 0 Å². The Kier molecular flexibility index (Phi) is 2.53. The van der Waals surface area contributed by atoms with Gasteiger partial charge in [0.15, 0.2) is 0 Å². The van der Waals surface area contributed by atoms with Crippen LogP contribution >= 0.6 is 0 Å². The third-order valence-corrected chi connectivity index (χ3v) is 4.79. The number of carbonyl (C=O) groups is 1. The van der Waals surface area contributed by atoms with Crippen LogP contribution < -0.4 is 0 Å². The molecule has 3 aliphatic carbocycles. The first-order valence-corrected chi connectivity index (χ1v) is 5.82. The molecule has 0 radical (unpaired) electrons. The lowest BCUT2D eigenvalue weighted by Crippen LogP contribution is -2.55. The van der Waals surface area contributed by atoms with Gasteiger partial charge in [0.25, 0.3) is 0 Å². The second-order valence-corrected chi connectivity index (χ2v) is 5.77. The molecule has 3 nitrogen and oxygen atoms in total. The summed E-state index contributed by atoms with van der Waals surface area (Å²) in [6, 6.07) is 0. The van der Waals surface area contributed by atoms with Crippen molar-refractivity contribution in [2.24, 2.45) is 23.2 Å². The van der Waals surface area contributed by atoms with E-state index in [2.05, 4.69) is 13.8 Å². The second-order valence-electron chi connectivity index (χ2n) is 5.77. The van der Waals surface area contributed by atoms with Crippen molar-refractivity contribution in [2.45, 2.75) is 45.6 Å². The minimum Gasteiger partial charge on any atom is -0.481 e. The summed E-state index contributed by atoms with van der Waals surface area (Å²) >= 11 is 0. The molecular weight excluding hydrogens is 192 g/mol. The Morgan fingerprint density at radius 2 is 2.13 bits per heavy atom. The molecule has 0 aromatic carbocycles. The molecule has 3 unspecified atom stereocenters. The fraction of sp³-hybridized carbons (Fsp3) is 0.917. The van der Waals surface area contributed by atoms with Gasteiger partial charge in [-0.25, -0.2) is 0 Å². The zero-order valence-electron chi connectivity index (χ0n) is 9.44. The van der Waals surface area contributed by atoms with Crippen LogP contribution in [0.15, 0.2) is 0 Å². The average molecular weight is 212 g/mol. The molecule has 0 aromatic heterocycles. The number of carboxylic acids is 1. The van der Waals surface area contributed by atoms with Gasteiger partial charge in [-0.1, -0.05) is 13.8 Å². The van der Waals surface area contributed by atoms with Gasteiger partial charge in [-0.3, -0.25) is 4.79 Å². The Balaban J connectivity index is 2.01. The third kappa shape index (κ3) is 1.67. The summed E-state index contributed by atoms with van der Waals surface area (Å²) in [5.74, 6) is 0.657. The Labute approximate surface area is 90.5 Å². The number of fused-ring (bicyclic) bond motifs is 2. The number of rotatable bonds is 3. The minimum atomic E-state index is -0.887. The predicted octanol–water partition coefficient (Wildman–Crippen LogP) is 1.89. The Morgan fingerprint density at radius 3 is 2.60 bits per heavy atom. The van der Waals surface area contributed by atoms with E-state index in [1.54, 1.807) is 0 Å². The lowest BCUT2D eigenvalue weighted by atomic mass is 9.45. The van der Waals surface area contributed by atoms with E-state index in [1.807, 2.05) is 0 Å². The van der Waals surface area contributed by atoms with E-state index in [0.717, 1.165) is 18.8 Å². The molecule has 3 saturated carbocycles. The fourth-order valence-electron chi connectivity index (χ4n) is 3.66. The van der Waals surface area contributed by atoms with Crippen LogP contribution in [0.25, 0.3) is 0 Å². The van der Waals surface area contributed by atoms with E-state index >= 15 is 0 Å². The molecule has 2 N–H and O–H groups in total. The first-order chi connectivity index (χ1) is 6.93. The second kappa shape index (κ2) is 3.48. The van der Waals surface area contributed by atoms with Crippen LogP contribution in [0.5, 0.6) is 0 Å². The maximum Gasteiger partial charge on any atom is 0.305 e. The van der Waals surface area contributed by atoms with Crippen molar-refractivity contribution >= 4 is 5.97 Å². The van der Waals surface area contributed by atoms with Crippen LogP contribution in [0.3, 0.4) is 0 Å². The van der Waals surface area contributed by atoms with Gasteiger partial charge in [0.1, 0.15) is 0 Å². The number of hydrogen-bond acceptors (Lipinski definition) is 2. The molecule has 0 aliphatic heterocycles. The van der Waals surface area contributed by atoms with Crippen molar-refractivity contribution in [3.05, 3.63) is 0 Å². The van der Waals surface area contributed by atoms with Crippen LogP contribution in [0.4, 0.5) is 0 Å². The molecule has 3 fully saturated rings. The van der Waals surface area contributed by atoms with Crippen LogP contribution in [-0.2, 0) is 4.79 Å². The predicted molar refractivity (Wildman–Crippen MR) is 56.4 cm³/mol. The molecule has 3 heteroatoms. The molecule has 0 spiro atoms. The van der Waals surface area contributed by atoms with Gasteiger partial charge in [0.05, 0.1) is 12.5 Å². The van der Waals surface area contributed by atoms with Gasteiger partial charge in [-0.05, 0) is 42.4 Å². The lowest BCUT2D eigenvalue weighted by molar-refractivity contribution is -0.153. The summed E-state index contributed by atoms with van der Waals surface area (Å²) in [5.41, 5.74) is 0.322. The van der Waals surface area contributed by atoms with E-state index in [0.29, 0.717) is 11.3 Å². The van der Waals surface area contributed by atoms with Gasteiger partial charge in [-0.2, -0.15) is 0 Å². The summed E-state index contributed by atoms with van der Waals surface area (Å²) in [5, 5.41) is 18.6. The van der Waals surface area contributed by atoms with Gasteiger partial charge in [0, 0.05) is 0 Å². The Bertz CT molecular complexity index is 270. The summed E-state index contributed by atoms with van der Waals surface area (Å²) < 4.78 is 0. The van der Waals surface area contributed by atoms with Crippen LogP contribution in [0.2, 0.25) is 0 Å². The number of carboxylic acid groups (broad SMARTS) is 1. The molecule has 0 saturated heterocycles. The third-order valence-electron chi connectivity index (χ3n) is 4.79. The highest BCUT2D eigenvalue weighted by Crippen LogP contribution is 2.62. The molecule has 15 heavy (non-hydrogen) atoms. The minimum absolute atomic E-state index is 0.0953. The van der Waals surface area contributed by atoms with Crippen molar-refractivity contribution in [3.8, 4) is 0 Å². The Hall–Kier alpha value is -0.570. The standard InChI is InChI=1S/C12H20O3/c1-12(2)7-3-4-8(9(12)5-7)10(13)6-11(14)15/h7-10,13H,3-6H2,1-2H3,(H,14,15)/t7?,8?,9?,10-/m0/s1. The number of hydrogen-bond donors (Lipinski definition) is 2. The zero-order chi connectivity index (χ0) is 11.2.